The minimum Gasteiger partial charge on any atom is -0.390 e. The van der Waals surface area contributed by atoms with Gasteiger partial charge in [-0.05, 0) is 26.2 Å². The van der Waals surface area contributed by atoms with Crippen LogP contribution in [0.2, 0.25) is 0 Å². The zero-order chi connectivity index (χ0) is 10.6. The largest absolute Gasteiger partial charge is 0.390 e. The summed E-state index contributed by atoms with van der Waals surface area (Å²) < 4.78 is 0. The smallest absolute Gasteiger partial charge is 0.0874 e. The maximum Gasteiger partial charge on any atom is 0.0874 e. The number of likely N-dealkylation sites (N-methyl/N-ethyl adjacent to an activating group) is 1. The van der Waals surface area contributed by atoms with Crippen LogP contribution in [0.1, 0.15) is 11.7 Å². The number of aliphatic hydroxyl groups excluding tert-OH is 1. The van der Waals surface area contributed by atoms with Crippen LogP contribution in [0.25, 0.3) is 0 Å². The zero-order valence-corrected chi connectivity index (χ0v) is 8.59. The van der Waals surface area contributed by atoms with Crippen molar-refractivity contribution in [1.82, 2.24) is 9.88 Å². The zero-order valence-electron chi connectivity index (χ0n) is 8.59. The lowest BCUT2D eigenvalue weighted by molar-refractivity contribution is 0.0800. The number of aromatic nitrogens is 1. The topological polar surface area (TPSA) is 62.4 Å². The first-order valence-corrected chi connectivity index (χ1v) is 4.62. The fourth-order valence-corrected chi connectivity index (χ4v) is 1.49. The summed E-state index contributed by atoms with van der Waals surface area (Å²) in [4.78, 5) is 6.13. The van der Waals surface area contributed by atoms with Crippen LogP contribution in [0.4, 0.5) is 0 Å². The van der Waals surface area contributed by atoms with Crippen molar-refractivity contribution in [1.29, 1.82) is 0 Å². The molecule has 0 aliphatic rings. The van der Waals surface area contributed by atoms with Gasteiger partial charge in [-0.2, -0.15) is 0 Å². The normalized spacial score (nSPS) is 15.5. The predicted octanol–water partition coefficient (Wildman–Crippen LogP) is 0.00390. The van der Waals surface area contributed by atoms with Gasteiger partial charge in [0.25, 0.3) is 0 Å². The summed E-state index contributed by atoms with van der Waals surface area (Å²) >= 11 is 0. The highest BCUT2D eigenvalue weighted by molar-refractivity contribution is 5.10. The quantitative estimate of drug-likeness (QED) is 0.710. The van der Waals surface area contributed by atoms with Crippen LogP contribution >= 0.6 is 0 Å². The minimum absolute atomic E-state index is 0.138. The van der Waals surface area contributed by atoms with E-state index in [0.29, 0.717) is 0 Å². The fraction of sp³-hybridized carbons (Fsp3) is 0.500. The molecule has 0 saturated carbocycles. The third-order valence-electron chi connectivity index (χ3n) is 2.15. The van der Waals surface area contributed by atoms with Gasteiger partial charge >= 0.3 is 0 Å². The summed E-state index contributed by atoms with van der Waals surface area (Å²) in [6.45, 7) is 0.236. The molecule has 4 heteroatoms. The number of hydrogen-bond donors (Lipinski definition) is 2. The van der Waals surface area contributed by atoms with Gasteiger partial charge in [0.2, 0.25) is 0 Å². The van der Waals surface area contributed by atoms with Crippen LogP contribution in [-0.4, -0.2) is 41.7 Å². The van der Waals surface area contributed by atoms with Crippen molar-refractivity contribution in [3.05, 3.63) is 30.1 Å². The van der Waals surface area contributed by atoms with Crippen molar-refractivity contribution < 1.29 is 5.11 Å². The van der Waals surface area contributed by atoms with Gasteiger partial charge in [0.15, 0.2) is 0 Å². The molecular weight excluding hydrogens is 178 g/mol. The van der Waals surface area contributed by atoms with Gasteiger partial charge in [0.1, 0.15) is 0 Å². The van der Waals surface area contributed by atoms with Gasteiger partial charge in [0.05, 0.1) is 17.8 Å². The van der Waals surface area contributed by atoms with E-state index in [0.717, 1.165) is 5.69 Å². The molecule has 1 aromatic rings. The van der Waals surface area contributed by atoms with E-state index in [1.54, 1.807) is 6.20 Å². The lowest BCUT2D eigenvalue weighted by Crippen LogP contribution is -2.36. The van der Waals surface area contributed by atoms with Crippen molar-refractivity contribution in [3.63, 3.8) is 0 Å². The first kappa shape index (κ1) is 11.1. The van der Waals surface area contributed by atoms with Gasteiger partial charge in [-0.3, -0.25) is 9.88 Å². The Labute approximate surface area is 84.4 Å². The Morgan fingerprint density at radius 2 is 2.21 bits per heavy atom. The second-order valence-corrected chi connectivity index (χ2v) is 3.47. The minimum atomic E-state index is -0.583. The Hall–Kier alpha value is -0.970. The van der Waals surface area contributed by atoms with Gasteiger partial charge in [0, 0.05) is 12.7 Å². The third kappa shape index (κ3) is 2.51. The maximum absolute atomic E-state index is 9.73. The lowest BCUT2D eigenvalue weighted by atomic mass is 10.1. The van der Waals surface area contributed by atoms with E-state index in [4.69, 9.17) is 5.73 Å². The number of hydrogen-bond acceptors (Lipinski definition) is 4. The SMILES string of the molecule is CN(C)C(c1ccccn1)C(O)CN. The van der Waals surface area contributed by atoms with E-state index in [1.807, 2.05) is 37.2 Å². The van der Waals surface area contributed by atoms with Crippen LogP contribution in [0.15, 0.2) is 24.4 Å². The molecule has 78 valence electrons. The van der Waals surface area contributed by atoms with Crippen molar-refractivity contribution in [2.75, 3.05) is 20.6 Å². The second-order valence-electron chi connectivity index (χ2n) is 3.47. The van der Waals surface area contributed by atoms with E-state index >= 15 is 0 Å². The highest BCUT2D eigenvalue weighted by Crippen LogP contribution is 2.18. The average molecular weight is 195 g/mol. The number of nitrogens with zero attached hydrogens (tertiary/aromatic N) is 2. The molecule has 4 nitrogen and oxygen atoms in total. The first-order valence-electron chi connectivity index (χ1n) is 4.62. The lowest BCUT2D eigenvalue weighted by Gasteiger charge is -2.27. The molecule has 0 aliphatic heterocycles. The van der Waals surface area contributed by atoms with Gasteiger partial charge in [-0.25, -0.2) is 0 Å². The van der Waals surface area contributed by atoms with Gasteiger partial charge < -0.3 is 10.8 Å². The number of rotatable bonds is 4. The summed E-state index contributed by atoms with van der Waals surface area (Å²) in [6, 6.07) is 5.51. The Balaban J connectivity index is 2.89. The summed E-state index contributed by atoms with van der Waals surface area (Å²) in [6.07, 6.45) is 1.13. The van der Waals surface area contributed by atoms with E-state index in [2.05, 4.69) is 4.98 Å². The number of pyridine rings is 1. The Morgan fingerprint density at radius 1 is 1.50 bits per heavy atom. The van der Waals surface area contributed by atoms with Crippen molar-refractivity contribution in [3.8, 4) is 0 Å². The molecule has 1 rings (SSSR count). The molecule has 0 radical (unpaired) electrons. The molecule has 0 aromatic carbocycles. The van der Waals surface area contributed by atoms with E-state index in [1.165, 1.54) is 0 Å². The van der Waals surface area contributed by atoms with Crippen LogP contribution in [0, 0.1) is 0 Å². The Morgan fingerprint density at radius 3 is 2.64 bits per heavy atom. The molecule has 0 bridgehead atoms. The molecule has 0 amide bonds. The fourth-order valence-electron chi connectivity index (χ4n) is 1.49. The van der Waals surface area contributed by atoms with Crippen molar-refractivity contribution >= 4 is 0 Å². The summed E-state index contributed by atoms with van der Waals surface area (Å²) in [5, 5.41) is 9.73. The number of nitrogens with two attached hydrogens (primary N) is 1. The van der Waals surface area contributed by atoms with E-state index in [9.17, 15) is 5.11 Å². The Bertz CT molecular complexity index is 263. The van der Waals surface area contributed by atoms with E-state index < -0.39 is 6.10 Å². The first-order chi connectivity index (χ1) is 6.66. The number of aliphatic hydroxyl groups is 1. The monoisotopic (exact) mass is 195 g/mol. The van der Waals surface area contributed by atoms with Gasteiger partial charge in [-0.1, -0.05) is 6.07 Å². The predicted molar refractivity (Wildman–Crippen MR) is 55.7 cm³/mol. The highest BCUT2D eigenvalue weighted by Gasteiger charge is 2.22. The van der Waals surface area contributed by atoms with Crippen LogP contribution < -0.4 is 5.73 Å². The molecule has 2 atom stereocenters. The highest BCUT2D eigenvalue weighted by atomic mass is 16.3. The van der Waals surface area contributed by atoms with E-state index in [-0.39, 0.29) is 12.6 Å². The van der Waals surface area contributed by atoms with Gasteiger partial charge in [-0.15, -0.1) is 0 Å². The summed E-state index contributed by atoms with van der Waals surface area (Å²) in [5.41, 5.74) is 6.29. The molecule has 2 unspecified atom stereocenters. The second kappa shape index (κ2) is 5.05. The van der Waals surface area contributed by atoms with Crippen LogP contribution in [0.5, 0.6) is 0 Å². The molecule has 1 heterocycles. The standard InChI is InChI=1S/C10H17N3O/c1-13(2)10(9(14)7-11)8-5-3-4-6-12-8/h3-6,9-10,14H,7,11H2,1-2H3. The average Bonchev–Trinajstić information content (AvgIpc) is 2.19. The molecule has 3 N–H and O–H groups in total. The molecule has 1 aromatic heterocycles. The molecule has 0 spiro atoms. The van der Waals surface area contributed by atoms with Crippen LogP contribution in [-0.2, 0) is 0 Å². The molecule has 14 heavy (non-hydrogen) atoms. The molecule has 0 saturated heterocycles. The van der Waals surface area contributed by atoms with Crippen LogP contribution in [0.3, 0.4) is 0 Å². The third-order valence-corrected chi connectivity index (χ3v) is 2.15. The molecule has 0 aliphatic carbocycles. The van der Waals surface area contributed by atoms with Crippen molar-refractivity contribution in [2.45, 2.75) is 12.1 Å². The maximum atomic E-state index is 9.73. The Kier molecular flexibility index (Phi) is 4.00. The molecular formula is C10H17N3O. The van der Waals surface area contributed by atoms with Crippen molar-refractivity contribution in [2.24, 2.45) is 5.73 Å². The summed E-state index contributed by atoms with van der Waals surface area (Å²) in [7, 11) is 3.80. The summed E-state index contributed by atoms with van der Waals surface area (Å²) in [5.74, 6) is 0. The molecule has 0 fully saturated rings.